The molecule has 0 bridgehead atoms. The lowest BCUT2D eigenvalue weighted by Gasteiger charge is -2.17. The fraction of sp³-hybridized carbons (Fsp3) is 0.174. The number of nitrogens with zero attached hydrogens (tertiary/aromatic N) is 2. The Bertz CT molecular complexity index is 1240. The van der Waals surface area contributed by atoms with Crippen LogP contribution in [0.5, 0.6) is 0 Å². The average molecular weight is 421 g/mol. The number of aromatic nitrogens is 2. The van der Waals surface area contributed by atoms with Crippen molar-refractivity contribution in [2.45, 2.75) is 31.2 Å². The van der Waals surface area contributed by atoms with Crippen molar-refractivity contribution in [3.05, 3.63) is 87.0 Å². The zero-order valence-electron chi connectivity index (χ0n) is 16.4. The van der Waals surface area contributed by atoms with Gasteiger partial charge in [-0.05, 0) is 44.0 Å². The molecule has 0 N–H and O–H groups in total. The maximum absolute atomic E-state index is 13.5. The van der Waals surface area contributed by atoms with E-state index in [1.165, 1.54) is 23.1 Å². The summed E-state index contributed by atoms with van der Waals surface area (Å²) in [6.45, 7) is 5.54. The van der Waals surface area contributed by atoms with E-state index < -0.39 is 5.25 Å². The predicted octanol–water partition coefficient (Wildman–Crippen LogP) is 5.49. The number of rotatable bonds is 5. The van der Waals surface area contributed by atoms with Crippen molar-refractivity contribution in [1.29, 1.82) is 0 Å². The zero-order valence-corrected chi connectivity index (χ0v) is 18.0. The molecule has 0 spiro atoms. The smallest absolute Gasteiger partial charge is 0.267 e. The summed E-state index contributed by atoms with van der Waals surface area (Å²) in [6, 6.07) is 19.1. The Morgan fingerprint density at radius 1 is 1.03 bits per heavy atom. The minimum absolute atomic E-state index is 0.0219. The number of carbonyl (C=O) groups excluding carboxylic acids is 1. The van der Waals surface area contributed by atoms with E-state index in [1.807, 2.05) is 74.5 Å². The second-order valence-electron chi connectivity index (χ2n) is 6.85. The van der Waals surface area contributed by atoms with Gasteiger partial charge in [-0.1, -0.05) is 60.3 Å². The van der Waals surface area contributed by atoms with Gasteiger partial charge in [0.2, 0.25) is 0 Å². The second-order valence-corrected chi connectivity index (χ2v) is 9.13. The number of ketones is 1. The highest BCUT2D eigenvalue weighted by Crippen LogP contribution is 2.37. The lowest BCUT2D eigenvalue weighted by molar-refractivity contribution is -0.116. The van der Waals surface area contributed by atoms with Crippen LogP contribution in [-0.2, 0) is 4.79 Å². The molecule has 4 nitrogen and oxygen atoms in total. The molecule has 29 heavy (non-hydrogen) atoms. The van der Waals surface area contributed by atoms with Gasteiger partial charge in [-0.2, -0.15) is 0 Å². The van der Waals surface area contributed by atoms with Crippen molar-refractivity contribution in [3.8, 4) is 5.69 Å². The van der Waals surface area contributed by atoms with Crippen molar-refractivity contribution in [2.75, 3.05) is 0 Å². The molecule has 0 fully saturated rings. The van der Waals surface area contributed by atoms with Crippen molar-refractivity contribution >= 4 is 39.1 Å². The molecule has 0 saturated heterocycles. The Labute approximate surface area is 177 Å². The fourth-order valence-corrected chi connectivity index (χ4v) is 5.46. The highest BCUT2D eigenvalue weighted by molar-refractivity contribution is 8.00. The van der Waals surface area contributed by atoms with Gasteiger partial charge in [0, 0.05) is 4.88 Å². The van der Waals surface area contributed by atoms with Crippen LogP contribution >= 0.6 is 23.1 Å². The van der Waals surface area contributed by atoms with Crippen molar-refractivity contribution in [1.82, 2.24) is 9.55 Å². The van der Waals surface area contributed by atoms with Gasteiger partial charge in [-0.3, -0.25) is 14.2 Å². The van der Waals surface area contributed by atoms with Crippen LogP contribution in [-0.4, -0.2) is 15.3 Å². The van der Waals surface area contributed by atoms with E-state index in [1.54, 1.807) is 11.5 Å². The molecule has 0 saturated carbocycles. The summed E-state index contributed by atoms with van der Waals surface area (Å²) < 4.78 is 1.63. The number of fused-ring (bicyclic) bond motifs is 1. The SMILES string of the molecule is CC(=O)[C@@H](Sc1nc2sc(C)c(C)c2c(=O)n1-c1ccccc1)c1ccccc1. The third kappa shape index (κ3) is 3.66. The fourth-order valence-electron chi connectivity index (χ4n) is 3.28. The molecule has 1 atom stereocenters. The van der Waals surface area contributed by atoms with E-state index in [0.717, 1.165) is 26.5 Å². The molecule has 146 valence electrons. The van der Waals surface area contributed by atoms with Gasteiger partial charge < -0.3 is 0 Å². The number of para-hydroxylation sites is 1. The molecule has 0 amide bonds. The topological polar surface area (TPSA) is 52.0 Å². The molecule has 2 aromatic carbocycles. The van der Waals surface area contributed by atoms with Crippen LogP contribution in [0.3, 0.4) is 0 Å². The first kappa shape index (κ1) is 19.6. The number of hydrogen-bond acceptors (Lipinski definition) is 5. The first-order valence-corrected chi connectivity index (χ1v) is 11.0. The number of benzene rings is 2. The Balaban J connectivity index is 1.95. The van der Waals surface area contributed by atoms with Crippen LogP contribution in [0.1, 0.15) is 28.2 Å². The minimum Gasteiger partial charge on any atom is -0.298 e. The van der Waals surface area contributed by atoms with E-state index in [9.17, 15) is 9.59 Å². The molecule has 0 unspecified atom stereocenters. The first-order valence-electron chi connectivity index (χ1n) is 9.27. The molecular weight excluding hydrogens is 400 g/mol. The van der Waals surface area contributed by atoms with Gasteiger partial charge in [0.15, 0.2) is 5.16 Å². The number of carbonyl (C=O) groups is 1. The standard InChI is InChI=1S/C23H20N2O2S2/c1-14-16(3)28-21-19(14)22(27)25(18-12-8-5-9-13-18)23(24-21)29-20(15(2)26)17-10-6-4-7-11-17/h4-13,20H,1-3H3/t20-/m1/s1. The number of aryl methyl sites for hydroxylation is 2. The summed E-state index contributed by atoms with van der Waals surface area (Å²) in [5.74, 6) is 0.0219. The molecule has 4 rings (SSSR count). The van der Waals surface area contributed by atoms with Gasteiger partial charge in [0.1, 0.15) is 10.6 Å². The van der Waals surface area contributed by atoms with Gasteiger partial charge in [-0.15, -0.1) is 11.3 Å². The van der Waals surface area contributed by atoms with Gasteiger partial charge in [0.25, 0.3) is 5.56 Å². The van der Waals surface area contributed by atoms with Crippen LogP contribution in [0, 0.1) is 13.8 Å². The second kappa shape index (κ2) is 7.97. The molecule has 4 aromatic rings. The highest BCUT2D eigenvalue weighted by atomic mass is 32.2. The van der Waals surface area contributed by atoms with E-state index in [4.69, 9.17) is 4.98 Å². The summed E-state index contributed by atoms with van der Waals surface area (Å²) in [5, 5.41) is 0.747. The van der Waals surface area contributed by atoms with Gasteiger partial charge >= 0.3 is 0 Å². The number of thioether (sulfide) groups is 1. The summed E-state index contributed by atoms with van der Waals surface area (Å²) >= 11 is 2.84. The minimum atomic E-state index is -0.433. The zero-order chi connectivity index (χ0) is 20.5. The van der Waals surface area contributed by atoms with Crippen molar-refractivity contribution in [3.63, 3.8) is 0 Å². The Hall–Kier alpha value is -2.70. The van der Waals surface area contributed by atoms with Gasteiger partial charge in [0.05, 0.1) is 16.3 Å². The Morgan fingerprint density at radius 3 is 2.28 bits per heavy atom. The largest absolute Gasteiger partial charge is 0.298 e. The van der Waals surface area contributed by atoms with Crippen LogP contribution < -0.4 is 5.56 Å². The van der Waals surface area contributed by atoms with E-state index in [0.29, 0.717) is 10.5 Å². The van der Waals surface area contributed by atoms with E-state index >= 15 is 0 Å². The lowest BCUT2D eigenvalue weighted by atomic mass is 10.1. The number of Topliss-reactive ketones (excluding diaryl/α,β-unsaturated/α-hetero) is 1. The number of hydrogen-bond donors (Lipinski definition) is 0. The summed E-state index contributed by atoms with van der Waals surface area (Å²) in [7, 11) is 0. The first-order chi connectivity index (χ1) is 14.0. The summed E-state index contributed by atoms with van der Waals surface area (Å²) in [6.07, 6.45) is 0. The normalized spacial score (nSPS) is 12.2. The van der Waals surface area contributed by atoms with Crippen molar-refractivity contribution < 1.29 is 4.79 Å². The van der Waals surface area contributed by atoms with E-state index in [-0.39, 0.29) is 11.3 Å². The number of thiophene rings is 1. The Kier molecular flexibility index (Phi) is 5.39. The van der Waals surface area contributed by atoms with Crippen LogP contribution in [0.15, 0.2) is 70.6 Å². The molecule has 2 heterocycles. The molecule has 0 radical (unpaired) electrons. The predicted molar refractivity (Wildman–Crippen MR) is 120 cm³/mol. The monoisotopic (exact) mass is 420 g/mol. The molecule has 0 aliphatic carbocycles. The van der Waals surface area contributed by atoms with E-state index in [2.05, 4.69) is 0 Å². The van der Waals surface area contributed by atoms with Gasteiger partial charge in [-0.25, -0.2) is 4.98 Å². The third-order valence-corrected chi connectivity index (χ3v) is 7.31. The van der Waals surface area contributed by atoms with Crippen molar-refractivity contribution in [2.24, 2.45) is 0 Å². The Morgan fingerprint density at radius 2 is 1.66 bits per heavy atom. The average Bonchev–Trinajstić information content (AvgIpc) is 3.01. The van der Waals surface area contributed by atoms with Crippen LogP contribution in [0.25, 0.3) is 15.9 Å². The molecule has 2 aromatic heterocycles. The lowest BCUT2D eigenvalue weighted by Crippen LogP contribution is -2.22. The molecule has 0 aliphatic heterocycles. The molecular formula is C23H20N2O2S2. The molecule has 6 heteroatoms. The van der Waals surface area contributed by atoms with Crippen LogP contribution in [0.2, 0.25) is 0 Å². The highest BCUT2D eigenvalue weighted by Gasteiger charge is 2.24. The maximum atomic E-state index is 13.5. The summed E-state index contributed by atoms with van der Waals surface area (Å²) in [5.41, 5.74) is 2.52. The quantitative estimate of drug-likeness (QED) is 0.317. The summed E-state index contributed by atoms with van der Waals surface area (Å²) in [4.78, 5) is 32.6. The molecule has 0 aliphatic rings. The van der Waals surface area contributed by atoms with Crippen LogP contribution in [0.4, 0.5) is 0 Å². The maximum Gasteiger partial charge on any atom is 0.267 e. The third-order valence-electron chi connectivity index (χ3n) is 4.88.